The van der Waals surface area contributed by atoms with E-state index in [9.17, 15) is 4.79 Å². The maximum absolute atomic E-state index is 12.2. The first kappa shape index (κ1) is 15.9. The van der Waals surface area contributed by atoms with Crippen LogP contribution in [0.5, 0.6) is 5.75 Å². The van der Waals surface area contributed by atoms with Crippen molar-refractivity contribution >= 4 is 17.7 Å². The Morgan fingerprint density at radius 3 is 2.70 bits per heavy atom. The molecule has 0 radical (unpaired) electrons. The minimum absolute atomic E-state index is 0.0421. The average molecular weight is 329 g/mol. The monoisotopic (exact) mass is 329 g/mol. The van der Waals surface area contributed by atoms with Crippen molar-refractivity contribution in [2.45, 2.75) is 18.0 Å². The van der Waals surface area contributed by atoms with Gasteiger partial charge in [0.05, 0.1) is 12.5 Å². The van der Waals surface area contributed by atoms with Crippen LogP contribution in [0.4, 0.5) is 0 Å². The molecule has 1 N–H and O–H groups in total. The predicted octanol–water partition coefficient (Wildman–Crippen LogP) is 3.14. The number of carbonyl (C=O) groups excluding carboxylic acids is 1. The van der Waals surface area contributed by atoms with Crippen LogP contribution in [-0.4, -0.2) is 24.9 Å². The summed E-state index contributed by atoms with van der Waals surface area (Å²) < 4.78 is 10.8. The van der Waals surface area contributed by atoms with Crippen LogP contribution in [0.3, 0.4) is 0 Å². The molecule has 0 aliphatic carbocycles. The van der Waals surface area contributed by atoms with Crippen molar-refractivity contribution in [3.8, 4) is 5.75 Å². The first-order valence-electron chi connectivity index (χ1n) is 7.49. The van der Waals surface area contributed by atoms with Crippen molar-refractivity contribution in [3.63, 3.8) is 0 Å². The number of carbonyl (C=O) groups is 1. The maximum Gasteiger partial charge on any atom is 0.324 e. The lowest BCUT2D eigenvalue weighted by Crippen LogP contribution is -2.35. The molecule has 3 rings (SSSR count). The largest absolute Gasteiger partial charge is 0.496 e. The molecule has 0 saturated carbocycles. The first-order chi connectivity index (χ1) is 11.3. The molecule has 120 valence electrons. The zero-order valence-electron chi connectivity index (χ0n) is 12.9. The Kier molecular flexibility index (Phi) is 5.20. The van der Waals surface area contributed by atoms with Crippen molar-refractivity contribution in [3.05, 3.63) is 65.7 Å². The third kappa shape index (κ3) is 3.86. The number of rotatable bonds is 5. The Hall–Kier alpha value is -1.98. The van der Waals surface area contributed by atoms with Gasteiger partial charge in [-0.15, -0.1) is 11.8 Å². The highest BCUT2D eigenvalue weighted by Crippen LogP contribution is 2.37. The van der Waals surface area contributed by atoms with Gasteiger partial charge in [0, 0.05) is 11.3 Å². The quantitative estimate of drug-likeness (QED) is 0.854. The van der Waals surface area contributed by atoms with Gasteiger partial charge < -0.3 is 9.47 Å². The minimum atomic E-state index is -0.293. The number of esters is 1. The molecular weight excluding hydrogens is 310 g/mol. The summed E-state index contributed by atoms with van der Waals surface area (Å²) in [5.74, 6) is 1.31. The van der Waals surface area contributed by atoms with E-state index >= 15 is 0 Å². The van der Waals surface area contributed by atoms with Crippen molar-refractivity contribution in [2.75, 3.05) is 12.9 Å². The second-order valence-corrected chi connectivity index (χ2v) is 6.41. The highest BCUT2D eigenvalue weighted by atomic mass is 32.2. The Morgan fingerprint density at radius 2 is 1.91 bits per heavy atom. The summed E-state index contributed by atoms with van der Waals surface area (Å²) in [6.45, 7) is 0.307. The Balaban J connectivity index is 1.58. The molecule has 1 fully saturated rings. The summed E-state index contributed by atoms with van der Waals surface area (Å²) in [6.07, 6.45) is 0. The lowest BCUT2D eigenvalue weighted by Gasteiger charge is -2.15. The molecule has 0 amide bonds. The summed E-state index contributed by atoms with van der Waals surface area (Å²) in [5.41, 5.74) is 2.05. The van der Waals surface area contributed by atoms with Crippen LogP contribution in [-0.2, 0) is 16.1 Å². The van der Waals surface area contributed by atoms with Gasteiger partial charge in [0.2, 0.25) is 0 Å². The lowest BCUT2D eigenvalue weighted by molar-refractivity contribution is -0.146. The summed E-state index contributed by atoms with van der Waals surface area (Å²) in [4.78, 5) is 12.2. The fourth-order valence-corrected chi connectivity index (χ4v) is 3.75. The van der Waals surface area contributed by atoms with Crippen LogP contribution in [0.1, 0.15) is 16.5 Å². The fourth-order valence-electron chi connectivity index (χ4n) is 2.50. The van der Waals surface area contributed by atoms with Gasteiger partial charge in [-0.1, -0.05) is 48.5 Å². The number of para-hydroxylation sites is 1. The lowest BCUT2D eigenvalue weighted by atomic mass is 10.2. The standard InChI is InChI=1S/C18H19NO3S/c1-21-16-10-6-5-9-14(16)17-19-15(12-23-17)18(20)22-11-13-7-3-2-4-8-13/h2-10,15,17,19H,11-12H2,1H3/t15-,17?/m0/s1. The summed E-state index contributed by atoms with van der Waals surface area (Å²) in [5, 5.41) is 3.37. The molecule has 2 aromatic carbocycles. The minimum Gasteiger partial charge on any atom is -0.496 e. The molecular formula is C18H19NO3S. The number of benzene rings is 2. The maximum atomic E-state index is 12.2. The van der Waals surface area contributed by atoms with E-state index in [0.29, 0.717) is 12.4 Å². The number of ether oxygens (including phenoxy) is 2. The zero-order chi connectivity index (χ0) is 16.1. The van der Waals surface area contributed by atoms with Crippen LogP contribution in [0.2, 0.25) is 0 Å². The first-order valence-corrected chi connectivity index (χ1v) is 8.54. The molecule has 2 aromatic rings. The van der Waals surface area contributed by atoms with E-state index < -0.39 is 0 Å². The molecule has 4 nitrogen and oxygen atoms in total. The highest BCUT2D eigenvalue weighted by Gasteiger charge is 2.32. The Labute approximate surface area is 140 Å². The van der Waals surface area contributed by atoms with E-state index in [0.717, 1.165) is 16.9 Å². The normalized spacial score (nSPS) is 20.2. The Bertz CT molecular complexity index is 662. The van der Waals surface area contributed by atoms with E-state index in [1.54, 1.807) is 18.9 Å². The summed E-state index contributed by atoms with van der Waals surface area (Å²) in [6, 6.07) is 17.3. The Morgan fingerprint density at radius 1 is 1.17 bits per heavy atom. The van der Waals surface area contributed by atoms with Crippen LogP contribution in [0.25, 0.3) is 0 Å². The molecule has 2 atom stereocenters. The van der Waals surface area contributed by atoms with E-state index in [1.165, 1.54) is 0 Å². The molecule has 1 heterocycles. The van der Waals surface area contributed by atoms with Gasteiger partial charge in [-0.3, -0.25) is 10.1 Å². The van der Waals surface area contributed by atoms with Gasteiger partial charge >= 0.3 is 5.97 Å². The van der Waals surface area contributed by atoms with Crippen molar-refractivity contribution in [1.29, 1.82) is 0 Å². The number of hydrogen-bond donors (Lipinski definition) is 1. The molecule has 0 bridgehead atoms. The molecule has 5 heteroatoms. The molecule has 0 aromatic heterocycles. The number of thioether (sulfide) groups is 1. The van der Waals surface area contributed by atoms with Crippen LogP contribution >= 0.6 is 11.8 Å². The van der Waals surface area contributed by atoms with Crippen LogP contribution in [0.15, 0.2) is 54.6 Å². The van der Waals surface area contributed by atoms with Gasteiger partial charge in [-0.25, -0.2) is 0 Å². The molecule has 1 unspecified atom stereocenters. The predicted molar refractivity (Wildman–Crippen MR) is 91.4 cm³/mol. The van der Waals surface area contributed by atoms with Gasteiger partial charge in [-0.05, 0) is 11.6 Å². The smallest absolute Gasteiger partial charge is 0.324 e. The summed E-state index contributed by atoms with van der Waals surface area (Å²) >= 11 is 1.69. The average Bonchev–Trinajstić information content (AvgIpc) is 3.10. The van der Waals surface area contributed by atoms with Crippen LogP contribution in [0, 0.1) is 0 Å². The van der Waals surface area contributed by atoms with E-state index in [1.807, 2.05) is 54.6 Å². The second-order valence-electron chi connectivity index (χ2n) is 5.27. The van der Waals surface area contributed by atoms with Gasteiger partial charge in [0.25, 0.3) is 0 Å². The van der Waals surface area contributed by atoms with Gasteiger partial charge in [0.15, 0.2) is 0 Å². The van der Waals surface area contributed by atoms with Gasteiger partial charge in [0.1, 0.15) is 18.4 Å². The molecule has 1 aliphatic heterocycles. The topological polar surface area (TPSA) is 47.6 Å². The van der Waals surface area contributed by atoms with Crippen molar-refractivity contribution in [2.24, 2.45) is 0 Å². The highest BCUT2D eigenvalue weighted by molar-refractivity contribution is 7.99. The number of nitrogens with one attached hydrogen (secondary N) is 1. The van der Waals surface area contributed by atoms with Crippen LogP contribution < -0.4 is 10.1 Å². The third-order valence-corrected chi connectivity index (χ3v) is 4.96. The molecule has 0 spiro atoms. The van der Waals surface area contributed by atoms with Gasteiger partial charge in [-0.2, -0.15) is 0 Å². The van der Waals surface area contributed by atoms with E-state index in [4.69, 9.17) is 9.47 Å². The second kappa shape index (κ2) is 7.53. The molecule has 1 saturated heterocycles. The molecule has 1 aliphatic rings. The number of methoxy groups -OCH3 is 1. The SMILES string of the molecule is COc1ccccc1C1N[C@H](C(=O)OCc2ccccc2)CS1. The summed E-state index contributed by atoms with van der Waals surface area (Å²) in [7, 11) is 1.66. The van der Waals surface area contributed by atoms with E-state index in [2.05, 4.69) is 5.32 Å². The molecule has 23 heavy (non-hydrogen) atoms. The van der Waals surface area contributed by atoms with Crippen molar-refractivity contribution in [1.82, 2.24) is 5.32 Å². The fraction of sp³-hybridized carbons (Fsp3) is 0.278. The third-order valence-electron chi connectivity index (χ3n) is 3.71. The number of hydrogen-bond acceptors (Lipinski definition) is 5. The van der Waals surface area contributed by atoms with E-state index in [-0.39, 0.29) is 17.4 Å². The van der Waals surface area contributed by atoms with Crippen molar-refractivity contribution < 1.29 is 14.3 Å². The zero-order valence-corrected chi connectivity index (χ0v) is 13.7.